The molecule has 0 aliphatic rings. The van der Waals surface area contributed by atoms with Gasteiger partial charge in [-0.1, -0.05) is 6.07 Å². The molecule has 2 aromatic carbocycles. The molecule has 1 N–H and O–H groups in total. The number of H-pyrrole nitrogens is 1. The van der Waals surface area contributed by atoms with Gasteiger partial charge in [0.2, 0.25) is 0 Å². The molecule has 1 aromatic heterocycles. The van der Waals surface area contributed by atoms with E-state index in [1.807, 2.05) is 0 Å². The van der Waals surface area contributed by atoms with Crippen LogP contribution in [0.1, 0.15) is 0 Å². The van der Waals surface area contributed by atoms with E-state index >= 15 is 0 Å². The molecule has 0 fully saturated rings. The van der Waals surface area contributed by atoms with E-state index in [1.165, 1.54) is 18.2 Å². The van der Waals surface area contributed by atoms with Gasteiger partial charge in [0.15, 0.2) is 5.52 Å². The molecule has 0 saturated heterocycles. The second-order valence-electron chi connectivity index (χ2n) is 4.02. The number of nitrogens with zero attached hydrogens (tertiary/aromatic N) is 2. The Morgan fingerprint density at radius 1 is 1.15 bits per heavy atom. The monoisotopic (exact) mass is 293 g/mol. The van der Waals surface area contributed by atoms with Gasteiger partial charge in [-0.25, -0.2) is 9.37 Å². The molecule has 0 saturated carbocycles. The topological polar surface area (TPSA) is 71.8 Å². The summed E-state index contributed by atoms with van der Waals surface area (Å²) >= 11 is 0. The molecule has 3 aromatic rings. The molecule has 102 valence electrons. The lowest BCUT2D eigenvalue weighted by Gasteiger charge is -1.94. The summed E-state index contributed by atoms with van der Waals surface area (Å²) in [6, 6.07) is 10.5. The first kappa shape index (κ1) is 14.0. The van der Waals surface area contributed by atoms with Crippen molar-refractivity contribution in [3.8, 4) is 11.4 Å². The maximum Gasteiger partial charge on any atom is 0.297 e. The number of nitro groups is 1. The molecule has 0 spiro atoms. The van der Waals surface area contributed by atoms with E-state index in [-0.39, 0.29) is 23.9 Å². The van der Waals surface area contributed by atoms with Gasteiger partial charge in [-0.05, 0) is 30.3 Å². The fourth-order valence-corrected chi connectivity index (χ4v) is 1.91. The van der Waals surface area contributed by atoms with Gasteiger partial charge < -0.3 is 4.98 Å². The Morgan fingerprint density at radius 2 is 1.85 bits per heavy atom. The highest BCUT2D eigenvalue weighted by Crippen LogP contribution is 2.26. The van der Waals surface area contributed by atoms with Gasteiger partial charge in [0.25, 0.3) is 5.69 Å². The van der Waals surface area contributed by atoms with Crippen LogP contribution < -0.4 is 0 Å². The predicted molar refractivity (Wildman–Crippen MR) is 75.4 cm³/mol. The standard InChI is InChI=1S/C13H8FN3O2.ClH/c14-9-6-4-8(5-7-9)13-15-10-2-1-3-11(17(18)19)12(10)16-13;/h1-7H,(H,15,16);1H. The Hall–Kier alpha value is -2.47. The Kier molecular flexibility index (Phi) is 3.67. The molecule has 7 heteroatoms. The van der Waals surface area contributed by atoms with Crippen molar-refractivity contribution in [1.82, 2.24) is 9.97 Å². The number of para-hydroxylation sites is 1. The molecular weight excluding hydrogens is 285 g/mol. The number of nitrogens with one attached hydrogen (secondary N) is 1. The zero-order valence-electron chi connectivity index (χ0n) is 10.0. The van der Waals surface area contributed by atoms with Crippen LogP contribution in [-0.2, 0) is 0 Å². The van der Waals surface area contributed by atoms with Gasteiger partial charge in [0.1, 0.15) is 11.6 Å². The number of non-ortho nitro benzene ring substituents is 1. The maximum absolute atomic E-state index is 12.9. The normalized spacial score (nSPS) is 10.2. The summed E-state index contributed by atoms with van der Waals surface area (Å²) in [6.45, 7) is 0. The number of rotatable bonds is 2. The van der Waals surface area contributed by atoms with Gasteiger partial charge in [-0.15, -0.1) is 12.4 Å². The Bertz CT molecular complexity index is 771. The number of halogens is 2. The van der Waals surface area contributed by atoms with E-state index in [4.69, 9.17) is 0 Å². The van der Waals surface area contributed by atoms with E-state index in [1.54, 1.807) is 24.3 Å². The van der Waals surface area contributed by atoms with E-state index in [0.29, 0.717) is 22.4 Å². The minimum atomic E-state index is -0.475. The average Bonchev–Trinajstić information content (AvgIpc) is 2.82. The Balaban J connectivity index is 0.00000147. The lowest BCUT2D eigenvalue weighted by Crippen LogP contribution is -1.88. The third kappa shape index (κ3) is 2.33. The van der Waals surface area contributed by atoms with Crippen molar-refractivity contribution < 1.29 is 9.31 Å². The van der Waals surface area contributed by atoms with Crippen molar-refractivity contribution in [3.05, 3.63) is 58.4 Å². The summed E-state index contributed by atoms with van der Waals surface area (Å²) in [4.78, 5) is 17.6. The Labute approximate surface area is 119 Å². The SMILES string of the molecule is Cl.O=[N+]([O-])c1cccc2[nH]c(-c3ccc(F)cc3)nc12. The number of imidazole rings is 1. The van der Waals surface area contributed by atoms with Gasteiger partial charge in [-0.2, -0.15) is 0 Å². The number of hydrogen-bond acceptors (Lipinski definition) is 3. The minimum absolute atomic E-state index is 0. The summed E-state index contributed by atoms with van der Waals surface area (Å²) in [5.41, 5.74) is 1.49. The highest BCUT2D eigenvalue weighted by Gasteiger charge is 2.15. The van der Waals surface area contributed by atoms with Crippen molar-refractivity contribution in [2.45, 2.75) is 0 Å². The van der Waals surface area contributed by atoms with Crippen LogP contribution >= 0.6 is 12.4 Å². The van der Waals surface area contributed by atoms with Crippen LogP contribution in [0.5, 0.6) is 0 Å². The summed E-state index contributed by atoms with van der Waals surface area (Å²) in [5, 5.41) is 10.9. The highest BCUT2D eigenvalue weighted by atomic mass is 35.5. The summed E-state index contributed by atoms with van der Waals surface area (Å²) in [7, 11) is 0. The van der Waals surface area contributed by atoms with E-state index in [9.17, 15) is 14.5 Å². The van der Waals surface area contributed by atoms with Crippen LogP contribution in [-0.4, -0.2) is 14.9 Å². The van der Waals surface area contributed by atoms with Crippen LogP contribution in [0.4, 0.5) is 10.1 Å². The molecule has 1 heterocycles. The van der Waals surface area contributed by atoms with Gasteiger partial charge >= 0.3 is 0 Å². The first-order valence-electron chi connectivity index (χ1n) is 5.54. The van der Waals surface area contributed by atoms with Crippen LogP contribution in [0.3, 0.4) is 0 Å². The van der Waals surface area contributed by atoms with E-state index < -0.39 is 4.92 Å². The van der Waals surface area contributed by atoms with Crippen molar-refractivity contribution in [1.29, 1.82) is 0 Å². The zero-order chi connectivity index (χ0) is 13.4. The molecule has 0 amide bonds. The van der Waals surface area contributed by atoms with Crippen LogP contribution in [0.25, 0.3) is 22.4 Å². The molecule has 0 aliphatic heterocycles. The molecule has 0 atom stereocenters. The predicted octanol–water partition coefficient (Wildman–Crippen LogP) is 3.70. The number of aromatic nitrogens is 2. The quantitative estimate of drug-likeness (QED) is 0.578. The smallest absolute Gasteiger partial charge is 0.297 e. The van der Waals surface area contributed by atoms with Gasteiger partial charge in [-0.3, -0.25) is 10.1 Å². The molecular formula is C13H9ClFN3O2. The molecule has 3 rings (SSSR count). The van der Waals surface area contributed by atoms with Crippen molar-refractivity contribution in [2.75, 3.05) is 0 Å². The number of benzene rings is 2. The fraction of sp³-hybridized carbons (Fsp3) is 0. The lowest BCUT2D eigenvalue weighted by atomic mass is 10.2. The van der Waals surface area contributed by atoms with E-state index in [0.717, 1.165) is 0 Å². The van der Waals surface area contributed by atoms with Crippen molar-refractivity contribution >= 4 is 29.1 Å². The lowest BCUT2D eigenvalue weighted by molar-refractivity contribution is -0.383. The summed E-state index contributed by atoms with van der Waals surface area (Å²) in [5.74, 6) is 0.134. The van der Waals surface area contributed by atoms with Crippen LogP contribution in [0.15, 0.2) is 42.5 Å². The van der Waals surface area contributed by atoms with Crippen molar-refractivity contribution in [3.63, 3.8) is 0 Å². The number of nitro benzene ring substituents is 1. The molecule has 20 heavy (non-hydrogen) atoms. The summed E-state index contributed by atoms with van der Waals surface area (Å²) in [6.07, 6.45) is 0. The maximum atomic E-state index is 12.9. The number of aromatic amines is 1. The average molecular weight is 294 g/mol. The third-order valence-corrected chi connectivity index (χ3v) is 2.81. The Morgan fingerprint density at radius 3 is 2.50 bits per heavy atom. The molecule has 0 radical (unpaired) electrons. The molecule has 0 unspecified atom stereocenters. The second-order valence-corrected chi connectivity index (χ2v) is 4.02. The minimum Gasteiger partial charge on any atom is -0.338 e. The van der Waals surface area contributed by atoms with Crippen LogP contribution in [0, 0.1) is 15.9 Å². The largest absolute Gasteiger partial charge is 0.338 e. The van der Waals surface area contributed by atoms with Gasteiger partial charge in [0.05, 0.1) is 10.4 Å². The van der Waals surface area contributed by atoms with Crippen molar-refractivity contribution in [2.24, 2.45) is 0 Å². The van der Waals surface area contributed by atoms with E-state index in [2.05, 4.69) is 9.97 Å². The zero-order valence-corrected chi connectivity index (χ0v) is 10.9. The first-order valence-corrected chi connectivity index (χ1v) is 5.54. The molecule has 0 aliphatic carbocycles. The number of fused-ring (bicyclic) bond motifs is 1. The number of hydrogen-bond donors (Lipinski definition) is 1. The molecule has 5 nitrogen and oxygen atoms in total. The third-order valence-electron chi connectivity index (χ3n) is 2.81. The second kappa shape index (κ2) is 5.26. The summed E-state index contributed by atoms with van der Waals surface area (Å²) < 4.78 is 12.9. The highest BCUT2D eigenvalue weighted by molar-refractivity contribution is 5.87. The fourth-order valence-electron chi connectivity index (χ4n) is 1.91. The van der Waals surface area contributed by atoms with Gasteiger partial charge in [0, 0.05) is 11.6 Å². The first-order chi connectivity index (χ1) is 9.15. The van der Waals surface area contributed by atoms with Crippen LogP contribution in [0.2, 0.25) is 0 Å². The molecule has 0 bridgehead atoms.